The number of carbonyl (C=O) groups excluding carboxylic acids is 1. The van der Waals surface area contributed by atoms with Gasteiger partial charge in [-0.15, -0.1) is 0 Å². The van der Waals surface area contributed by atoms with Crippen LogP contribution in [0.4, 0.5) is 4.79 Å². The van der Waals surface area contributed by atoms with E-state index in [-0.39, 0.29) is 18.1 Å². The lowest BCUT2D eigenvalue weighted by molar-refractivity contribution is 0.234. The number of halogens is 1. The van der Waals surface area contributed by atoms with Gasteiger partial charge in [0, 0.05) is 16.9 Å². The van der Waals surface area contributed by atoms with Crippen molar-refractivity contribution in [3.63, 3.8) is 0 Å². The minimum Gasteiger partial charge on any atom is -0.469 e. The highest BCUT2D eigenvalue weighted by atomic mass is 79.9. The van der Waals surface area contributed by atoms with E-state index in [2.05, 4.69) is 26.6 Å². The lowest BCUT2D eigenvalue weighted by atomic mass is 10.1. The Morgan fingerprint density at radius 1 is 1.18 bits per heavy atom. The van der Waals surface area contributed by atoms with Gasteiger partial charge in [-0.05, 0) is 44.0 Å². The zero-order valence-corrected chi connectivity index (χ0v) is 14.4. The summed E-state index contributed by atoms with van der Waals surface area (Å²) in [7, 11) is 0. The van der Waals surface area contributed by atoms with Crippen molar-refractivity contribution in [1.29, 1.82) is 0 Å². The molecule has 4 nitrogen and oxygen atoms in total. The molecule has 0 saturated heterocycles. The Hall–Kier alpha value is -1.75. The molecule has 0 aliphatic carbocycles. The Kier molecular flexibility index (Phi) is 6.07. The van der Waals surface area contributed by atoms with Crippen molar-refractivity contribution in [1.82, 2.24) is 10.6 Å². The highest BCUT2D eigenvalue weighted by Gasteiger charge is 2.13. The van der Waals surface area contributed by atoms with E-state index in [1.165, 1.54) is 0 Å². The molecule has 1 heterocycles. The predicted molar refractivity (Wildman–Crippen MR) is 90.7 cm³/mol. The summed E-state index contributed by atoms with van der Waals surface area (Å²) >= 11 is 3.50. The first-order valence-corrected chi connectivity index (χ1v) is 8.19. The van der Waals surface area contributed by atoms with Gasteiger partial charge in [-0.3, -0.25) is 0 Å². The summed E-state index contributed by atoms with van der Waals surface area (Å²) in [5, 5.41) is 5.91. The molecule has 118 valence electrons. The maximum absolute atomic E-state index is 12.0. The number of nitrogens with one attached hydrogen (secondary N) is 2. The molecule has 2 rings (SSSR count). The Balaban J connectivity index is 1.78. The van der Waals surface area contributed by atoms with Gasteiger partial charge in [0.2, 0.25) is 0 Å². The summed E-state index contributed by atoms with van der Waals surface area (Å²) in [5.41, 5.74) is 1.06. The molecule has 0 spiro atoms. The van der Waals surface area contributed by atoms with Crippen LogP contribution in [0.15, 0.2) is 51.6 Å². The lowest BCUT2D eigenvalue weighted by Gasteiger charge is -2.19. The van der Waals surface area contributed by atoms with Crippen LogP contribution < -0.4 is 10.6 Å². The maximum atomic E-state index is 12.0. The van der Waals surface area contributed by atoms with Crippen LogP contribution in [0.5, 0.6) is 0 Å². The Labute approximate surface area is 139 Å². The van der Waals surface area contributed by atoms with E-state index >= 15 is 0 Å². The van der Waals surface area contributed by atoms with Crippen LogP contribution in [-0.4, -0.2) is 12.1 Å². The number of aryl methyl sites for hydroxylation is 1. The van der Waals surface area contributed by atoms with Crippen LogP contribution in [0.1, 0.15) is 37.6 Å². The van der Waals surface area contributed by atoms with Gasteiger partial charge >= 0.3 is 6.03 Å². The molecule has 0 aliphatic heterocycles. The highest BCUT2D eigenvalue weighted by molar-refractivity contribution is 9.10. The number of hydrogen-bond acceptors (Lipinski definition) is 2. The van der Waals surface area contributed by atoms with Crippen molar-refractivity contribution >= 4 is 22.0 Å². The third-order valence-corrected chi connectivity index (χ3v) is 4.22. The summed E-state index contributed by atoms with van der Waals surface area (Å²) in [6.45, 7) is 3.96. The second-order valence-corrected chi connectivity index (χ2v) is 6.23. The molecule has 2 amide bonds. The molecule has 1 aromatic heterocycles. The molecule has 2 unspecified atom stereocenters. The summed E-state index contributed by atoms with van der Waals surface area (Å²) in [4.78, 5) is 12.0. The van der Waals surface area contributed by atoms with Crippen LogP contribution >= 0.6 is 15.9 Å². The summed E-state index contributed by atoms with van der Waals surface area (Å²) in [6, 6.07) is 11.6. The van der Waals surface area contributed by atoms with Crippen molar-refractivity contribution in [3.05, 3.63) is 58.5 Å². The predicted octanol–water partition coefficient (Wildman–Crippen LogP) is 4.42. The standard InChI is InChI=1S/C17H21BrN2O2/c1-12(9-10-14-6-5-11-22-14)19-17(21)20-13(2)15-7-3-4-8-16(15)18/h3-8,11-13H,9-10H2,1-2H3,(H2,19,20,21). The maximum Gasteiger partial charge on any atom is 0.315 e. The molecule has 2 aromatic rings. The first-order valence-electron chi connectivity index (χ1n) is 7.40. The summed E-state index contributed by atoms with van der Waals surface area (Å²) < 4.78 is 6.29. The average molecular weight is 365 g/mol. The van der Waals surface area contributed by atoms with Gasteiger partial charge in [0.15, 0.2) is 0 Å². The second-order valence-electron chi connectivity index (χ2n) is 5.38. The molecule has 0 radical (unpaired) electrons. The molecule has 0 bridgehead atoms. The average Bonchev–Trinajstić information content (AvgIpc) is 2.98. The first-order chi connectivity index (χ1) is 10.6. The largest absolute Gasteiger partial charge is 0.469 e. The lowest BCUT2D eigenvalue weighted by Crippen LogP contribution is -2.42. The van der Waals surface area contributed by atoms with Crippen LogP contribution in [0.2, 0.25) is 0 Å². The van der Waals surface area contributed by atoms with Gasteiger partial charge in [0.25, 0.3) is 0 Å². The monoisotopic (exact) mass is 364 g/mol. The Morgan fingerprint density at radius 3 is 2.64 bits per heavy atom. The fourth-order valence-electron chi connectivity index (χ4n) is 2.25. The van der Waals surface area contributed by atoms with Gasteiger partial charge in [-0.25, -0.2) is 4.79 Å². The highest BCUT2D eigenvalue weighted by Crippen LogP contribution is 2.22. The zero-order chi connectivity index (χ0) is 15.9. The number of amides is 2. The van der Waals surface area contributed by atoms with E-state index in [0.29, 0.717) is 0 Å². The minimum absolute atomic E-state index is 0.0622. The molecular formula is C17H21BrN2O2. The van der Waals surface area contributed by atoms with Crippen molar-refractivity contribution in [2.45, 2.75) is 38.8 Å². The molecule has 0 fully saturated rings. The summed E-state index contributed by atoms with van der Waals surface area (Å²) in [5.74, 6) is 0.940. The van der Waals surface area contributed by atoms with Crippen molar-refractivity contribution in [3.8, 4) is 0 Å². The fourth-order valence-corrected chi connectivity index (χ4v) is 2.88. The number of rotatable bonds is 6. The van der Waals surface area contributed by atoms with E-state index in [1.54, 1.807) is 6.26 Å². The third-order valence-electron chi connectivity index (χ3n) is 3.50. The van der Waals surface area contributed by atoms with E-state index in [0.717, 1.165) is 28.6 Å². The van der Waals surface area contributed by atoms with E-state index in [4.69, 9.17) is 4.42 Å². The number of furan rings is 1. The second kappa shape index (κ2) is 8.03. The molecule has 1 aromatic carbocycles. The van der Waals surface area contributed by atoms with E-state index in [1.807, 2.05) is 50.2 Å². The molecular weight excluding hydrogens is 344 g/mol. The van der Waals surface area contributed by atoms with Gasteiger partial charge in [0.1, 0.15) is 5.76 Å². The minimum atomic E-state index is -0.157. The molecule has 2 atom stereocenters. The molecule has 0 aliphatic rings. The van der Waals surface area contributed by atoms with Crippen LogP contribution in [0.25, 0.3) is 0 Å². The Bertz CT molecular complexity index is 598. The molecule has 0 saturated carbocycles. The molecule has 2 N–H and O–H groups in total. The van der Waals surface area contributed by atoms with Crippen molar-refractivity contribution < 1.29 is 9.21 Å². The van der Waals surface area contributed by atoms with E-state index < -0.39 is 0 Å². The van der Waals surface area contributed by atoms with Gasteiger partial charge in [0.05, 0.1) is 12.3 Å². The van der Waals surface area contributed by atoms with Gasteiger partial charge in [-0.1, -0.05) is 34.1 Å². The topological polar surface area (TPSA) is 54.3 Å². The number of urea groups is 1. The molecule has 5 heteroatoms. The van der Waals surface area contributed by atoms with Crippen molar-refractivity contribution in [2.24, 2.45) is 0 Å². The summed E-state index contributed by atoms with van der Waals surface area (Å²) in [6.07, 6.45) is 3.32. The quantitative estimate of drug-likeness (QED) is 0.796. The number of hydrogen-bond donors (Lipinski definition) is 2. The zero-order valence-electron chi connectivity index (χ0n) is 12.8. The van der Waals surface area contributed by atoms with Crippen LogP contribution in [-0.2, 0) is 6.42 Å². The van der Waals surface area contributed by atoms with E-state index in [9.17, 15) is 4.79 Å². The van der Waals surface area contributed by atoms with Crippen molar-refractivity contribution in [2.75, 3.05) is 0 Å². The van der Waals surface area contributed by atoms with Crippen LogP contribution in [0.3, 0.4) is 0 Å². The normalized spacial score (nSPS) is 13.4. The first kappa shape index (κ1) is 16.6. The van der Waals surface area contributed by atoms with Crippen LogP contribution in [0, 0.1) is 0 Å². The fraction of sp³-hybridized carbons (Fsp3) is 0.353. The molecule has 22 heavy (non-hydrogen) atoms. The smallest absolute Gasteiger partial charge is 0.315 e. The number of benzene rings is 1. The van der Waals surface area contributed by atoms with Gasteiger partial charge in [-0.2, -0.15) is 0 Å². The van der Waals surface area contributed by atoms with Gasteiger partial charge < -0.3 is 15.1 Å². The number of carbonyl (C=O) groups is 1. The third kappa shape index (κ3) is 4.91. The Morgan fingerprint density at radius 2 is 1.95 bits per heavy atom. The SMILES string of the molecule is CC(CCc1ccco1)NC(=O)NC(C)c1ccccc1Br.